The van der Waals surface area contributed by atoms with Crippen LogP contribution in [0.5, 0.6) is 0 Å². The lowest BCUT2D eigenvalue weighted by atomic mass is 10.1. The summed E-state index contributed by atoms with van der Waals surface area (Å²) in [6.45, 7) is 6.08. The summed E-state index contributed by atoms with van der Waals surface area (Å²) in [6, 6.07) is 10.3. The van der Waals surface area contributed by atoms with Crippen LogP contribution in [0.15, 0.2) is 30.3 Å². The lowest BCUT2D eigenvalue weighted by molar-refractivity contribution is 0.0658. The first kappa shape index (κ1) is 15.0. The lowest BCUT2D eigenvalue weighted by Crippen LogP contribution is -2.15. The number of unbranched alkanes of at least 4 members (excludes halogenated alkanes) is 3. The van der Waals surface area contributed by atoms with Crippen molar-refractivity contribution < 1.29 is 4.74 Å². The van der Waals surface area contributed by atoms with Crippen molar-refractivity contribution in [2.24, 2.45) is 0 Å². The molecule has 1 N–H and O–H groups in total. The van der Waals surface area contributed by atoms with E-state index in [2.05, 4.69) is 31.3 Å². The molecule has 0 spiro atoms. The van der Waals surface area contributed by atoms with Gasteiger partial charge in [0, 0.05) is 12.2 Å². The molecule has 1 atom stereocenters. The van der Waals surface area contributed by atoms with Crippen molar-refractivity contribution >= 4 is 5.69 Å². The molecule has 2 nitrogen and oxygen atoms in total. The number of anilines is 1. The maximum absolute atomic E-state index is 5.78. The third kappa shape index (κ3) is 7.33. The highest BCUT2D eigenvalue weighted by atomic mass is 16.5. The molecule has 0 aliphatic carbocycles. The quantitative estimate of drug-likeness (QED) is 0.618. The Hall–Kier alpha value is -1.02. The molecule has 0 bridgehead atoms. The second-order valence-corrected chi connectivity index (χ2v) is 4.82. The van der Waals surface area contributed by atoms with E-state index in [1.807, 2.05) is 18.2 Å². The van der Waals surface area contributed by atoms with Gasteiger partial charge in [-0.2, -0.15) is 0 Å². The Bertz CT molecular complexity index is 286. The third-order valence-electron chi connectivity index (χ3n) is 3.07. The first-order chi connectivity index (χ1) is 8.83. The van der Waals surface area contributed by atoms with Gasteiger partial charge in [0.05, 0.1) is 12.7 Å². The maximum Gasteiger partial charge on any atom is 0.0642 e. The Kier molecular flexibility index (Phi) is 8.32. The van der Waals surface area contributed by atoms with E-state index >= 15 is 0 Å². The minimum absolute atomic E-state index is 0.388. The molecule has 1 rings (SSSR count). The fourth-order valence-corrected chi connectivity index (χ4v) is 1.95. The van der Waals surface area contributed by atoms with Crippen LogP contribution in [0.25, 0.3) is 0 Å². The van der Waals surface area contributed by atoms with Crippen molar-refractivity contribution in [3.63, 3.8) is 0 Å². The first-order valence-corrected chi connectivity index (χ1v) is 7.23. The van der Waals surface area contributed by atoms with Gasteiger partial charge in [0.25, 0.3) is 0 Å². The number of benzene rings is 1. The van der Waals surface area contributed by atoms with Gasteiger partial charge in [0.2, 0.25) is 0 Å². The van der Waals surface area contributed by atoms with Crippen molar-refractivity contribution in [3.8, 4) is 0 Å². The Labute approximate surface area is 112 Å². The van der Waals surface area contributed by atoms with Crippen LogP contribution < -0.4 is 5.32 Å². The van der Waals surface area contributed by atoms with E-state index in [1.165, 1.54) is 32.1 Å². The maximum atomic E-state index is 5.78. The Balaban J connectivity index is 1.97. The molecule has 0 heterocycles. The minimum atomic E-state index is 0.388. The van der Waals surface area contributed by atoms with Gasteiger partial charge in [-0.25, -0.2) is 0 Å². The van der Waals surface area contributed by atoms with Crippen LogP contribution in [-0.2, 0) is 4.74 Å². The molecule has 102 valence electrons. The molecular formula is C16H27NO. The van der Waals surface area contributed by atoms with E-state index in [0.29, 0.717) is 6.10 Å². The monoisotopic (exact) mass is 249 g/mol. The average Bonchev–Trinajstić information content (AvgIpc) is 2.41. The summed E-state index contributed by atoms with van der Waals surface area (Å²) < 4.78 is 5.78. The summed E-state index contributed by atoms with van der Waals surface area (Å²) in [5.74, 6) is 0. The summed E-state index contributed by atoms with van der Waals surface area (Å²) in [5, 5.41) is 3.35. The SMILES string of the molecule is CCCCCCC(C)OCCNc1ccccc1. The van der Waals surface area contributed by atoms with Crippen molar-refractivity contribution in [3.05, 3.63) is 30.3 Å². The zero-order valence-corrected chi connectivity index (χ0v) is 11.8. The van der Waals surface area contributed by atoms with Crippen LogP contribution in [0.2, 0.25) is 0 Å². The van der Waals surface area contributed by atoms with E-state index in [1.54, 1.807) is 0 Å². The number of para-hydroxylation sites is 1. The highest BCUT2D eigenvalue weighted by molar-refractivity contribution is 5.42. The van der Waals surface area contributed by atoms with E-state index in [4.69, 9.17) is 4.74 Å². The van der Waals surface area contributed by atoms with Gasteiger partial charge >= 0.3 is 0 Å². The molecule has 0 fully saturated rings. The fraction of sp³-hybridized carbons (Fsp3) is 0.625. The van der Waals surface area contributed by atoms with Gasteiger partial charge in [-0.3, -0.25) is 0 Å². The van der Waals surface area contributed by atoms with Gasteiger partial charge in [-0.1, -0.05) is 50.8 Å². The van der Waals surface area contributed by atoms with Gasteiger partial charge in [-0.05, 0) is 25.5 Å². The zero-order valence-electron chi connectivity index (χ0n) is 11.8. The standard InChI is InChI=1S/C16H27NO/c1-3-4-5-7-10-15(2)18-14-13-17-16-11-8-6-9-12-16/h6,8-9,11-12,15,17H,3-5,7,10,13-14H2,1-2H3. The molecule has 0 saturated carbocycles. The average molecular weight is 249 g/mol. The van der Waals surface area contributed by atoms with E-state index in [-0.39, 0.29) is 0 Å². The topological polar surface area (TPSA) is 21.3 Å². The fourth-order valence-electron chi connectivity index (χ4n) is 1.95. The van der Waals surface area contributed by atoms with Crippen LogP contribution in [0.3, 0.4) is 0 Å². The molecule has 0 saturated heterocycles. The Morgan fingerprint density at radius 2 is 1.89 bits per heavy atom. The molecule has 0 aliphatic heterocycles. The van der Waals surface area contributed by atoms with Crippen LogP contribution in [0.4, 0.5) is 5.69 Å². The molecule has 2 heteroatoms. The van der Waals surface area contributed by atoms with E-state index < -0.39 is 0 Å². The van der Waals surface area contributed by atoms with E-state index in [0.717, 1.165) is 18.8 Å². The van der Waals surface area contributed by atoms with Gasteiger partial charge in [-0.15, -0.1) is 0 Å². The largest absolute Gasteiger partial charge is 0.383 e. The summed E-state index contributed by atoms with van der Waals surface area (Å²) >= 11 is 0. The molecule has 1 unspecified atom stereocenters. The van der Waals surface area contributed by atoms with Crippen molar-refractivity contribution in [2.75, 3.05) is 18.5 Å². The molecule has 18 heavy (non-hydrogen) atoms. The van der Waals surface area contributed by atoms with Gasteiger partial charge < -0.3 is 10.1 Å². The van der Waals surface area contributed by atoms with Crippen molar-refractivity contribution in [1.29, 1.82) is 0 Å². The van der Waals surface area contributed by atoms with Crippen LogP contribution in [0.1, 0.15) is 46.0 Å². The second-order valence-electron chi connectivity index (χ2n) is 4.82. The van der Waals surface area contributed by atoms with E-state index in [9.17, 15) is 0 Å². The molecule has 0 radical (unpaired) electrons. The predicted molar refractivity (Wildman–Crippen MR) is 79.1 cm³/mol. The summed E-state index contributed by atoms with van der Waals surface area (Å²) in [5.41, 5.74) is 1.16. The molecule has 1 aromatic carbocycles. The van der Waals surface area contributed by atoms with Crippen molar-refractivity contribution in [1.82, 2.24) is 0 Å². The van der Waals surface area contributed by atoms with Gasteiger partial charge in [0.1, 0.15) is 0 Å². The van der Waals surface area contributed by atoms with Crippen LogP contribution in [-0.4, -0.2) is 19.3 Å². The van der Waals surface area contributed by atoms with Crippen LogP contribution >= 0.6 is 0 Å². The summed E-state index contributed by atoms with van der Waals surface area (Å²) in [7, 11) is 0. The molecule has 0 amide bonds. The normalized spacial score (nSPS) is 12.3. The molecule has 0 aromatic heterocycles. The van der Waals surface area contributed by atoms with Gasteiger partial charge in [0.15, 0.2) is 0 Å². The lowest BCUT2D eigenvalue weighted by Gasteiger charge is -2.13. The summed E-state index contributed by atoms with van der Waals surface area (Å²) in [4.78, 5) is 0. The smallest absolute Gasteiger partial charge is 0.0642 e. The summed E-state index contributed by atoms with van der Waals surface area (Å²) in [6.07, 6.45) is 6.86. The second kappa shape index (κ2) is 9.95. The molecular weight excluding hydrogens is 222 g/mol. The molecule has 1 aromatic rings. The van der Waals surface area contributed by atoms with Crippen LogP contribution in [0, 0.1) is 0 Å². The predicted octanol–water partition coefficient (Wildman–Crippen LogP) is 4.47. The number of rotatable bonds is 10. The highest BCUT2D eigenvalue weighted by Crippen LogP contribution is 2.08. The Morgan fingerprint density at radius 1 is 1.11 bits per heavy atom. The number of nitrogens with one attached hydrogen (secondary N) is 1. The molecule has 0 aliphatic rings. The number of hydrogen-bond acceptors (Lipinski definition) is 2. The van der Waals surface area contributed by atoms with Crippen molar-refractivity contribution in [2.45, 2.75) is 52.1 Å². The first-order valence-electron chi connectivity index (χ1n) is 7.23. The number of hydrogen-bond donors (Lipinski definition) is 1. The Morgan fingerprint density at radius 3 is 2.61 bits per heavy atom. The number of ether oxygens (including phenoxy) is 1. The zero-order chi connectivity index (χ0) is 13.1. The minimum Gasteiger partial charge on any atom is -0.383 e. The third-order valence-corrected chi connectivity index (χ3v) is 3.07. The highest BCUT2D eigenvalue weighted by Gasteiger charge is 2.01.